The molecule has 2 amide bonds. The van der Waals surface area contributed by atoms with Gasteiger partial charge in [-0.1, -0.05) is 12.1 Å². The van der Waals surface area contributed by atoms with Crippen molar-refractivity contribution in [2.24, 2.45) is 0 Å². The van der Waals surface area contributed by atoms with E-state index in [4.69, 9.17) is 9.47 Å². The van der Waals surface area contributed by atoms with Crippen LogP contribution in [0.15, 0.2) is 24.3 Å². The van der Waals surface area contributed by atoms with E-state index in [1.165, 1.54) is 0 Å². The number of carbonyl (C=O) groups excluding carboxylic acids is 1. The second-order valence-electron chi connectivity index (χ2n) is 5.40. The Morgan fingerprint density at radius 3 is 2.48 bits per heavy atom. The van der Waals surface area contributed by atoms with Gasteiger partial charge in [0.05, 0.1) is 18.8 Å². The van der Waals surface area contributed by atoms with Crippen LogP contribution < -0.4 is 10.1 Å². The Kier molecular flexibility index (Phi) is 5.44. The fourth-order valence-electron chi connectivity index (χ4n) is 2.50. The number of nitrogens with zero attached hydrogens (tertiary/aromatic N) is 1. The van der Waals surface area contributed by atoms with Crippen molar-refractivity contribution in [2.45, 2.75) is 39.5 Å². The first-order valence-electron chi connectivity index (χ1n) is 7.48. The van der Waals surface area contributed by atoms with Crippen LogP contribution in [0.5, 0.6) is 5.75 Å². The molecule has 0 spiro atoms. The molecule has 0 aromatic heterocycles. The number of hydrogen-bond donors (Lipinski definition) is 1. The summed E-state index contributed by atoms with van der Waals surface area (Å²) in [5.74, 6) is 0.850. The average molecular weight is 292 g/mol. The van der Waals surface area contributed by atoms with Gasteiger partial charge in [0.25, 0.3) is 0 Å². The summed E-state index contributed by atoms with van der Waals surface area (Å²) in [7, 11) is 0. The van der Waals surface area contributed by atoms with Gasteiger partial charge < -0.3 is 19.7 Å². The predicted molar refractivity (Wildman–Crippen MR) is 81.4 cm³/mol. The van der Waals surface area contributed by atoms with Gasteiger partial charge in [-0.25, -0.2) is 4.79 Å². The van der Waals surface area contributed by atoms with E-state index in [0.29, 0.717) is 26.2 Å². The lowest BCUT2D eigenvalue weighted by Gasteiger charge is -2.35. The van der Waals surface area contributed by atoms with Gasteiger partial charge in [0.2, 0.25) is 0 Å². The molecular formula is C16H24N2O3. The van der Waals surface area contributed by atoms with Crippen molar-refractivity contribution >= 4 is 6.03 Å². The minimum atomic E-state index is -0.0362. The maximum absolute atomic E-state index is 12.2. The summed E-state index contributed by atoms with van der Waals surface area (Å²) in [5.41, 5.74) is 1.06. The van der Waals surface area contributed by atoms with E-state index < -0.39 is 0 Å². The van der Waals surface area contributed by atoms with E-state index in [0.717, 1.165) is 11.3 Å². The lowest BCUT2D eigenvalue weighted by atomic mass is 10.2. The fourth-order valence-corrected chi connectivity index (χ4v) is 2.50. The molecule has 2 rings (SSSR count). The zero-order chi connectivity index (χ0) is 15.2. The van der Waals surface area contributed by atoms with Gasteiger partial charge in [-0.3, -0.25) is 0 Å². The number of carbonyl (C=O) groups is 1. The first kappa shape index (κ1) is 15.6. The molecule has 116 valence electrons. The van der Waals surface area contributed by atoms with Crippen LogP contribution in [0.4, 0.5) is 4.79 Å². The highest BCUT2D eigenvalue weighted by molar-refractivity contribution is 5.74. The predicted octanol–water partition coefficient (Wildman–Crippen LogP) is 2.40. The molecule has 2 atom stereocenters. The summed E-state index contributed by atoms with van der Waals surface area (Å²) in [6, 6.07) is 7.74. The Bertz CT molecular complexity index is 451. The second-order valence-corrected chi connectivity index (χ2v) is 5.40. The van der Waals surface area contributed by atoms with Gasteiger partial charge in [-0.05, 0) is 38.5 Å². The molecule has 0 radical (unpaired) electrons. The fraction of sp³-hybridized carbons (Fsp3) is 0.562. The van der Waals surface area contributed by atoms with Crippen molar-refractivity contribution in [3.05, 3.63) is 29.8 Å². The average Bonchev–Trinajstić information content (AvgIpc) is 2.45. The summed E-state index contributed by atoms with van der Waals surface area (Å²) in [6.45, 7) is 8.39. The van der Waals surface area contributed by atoms with Crippen LogP contribution in [0, 0.1) is 0 Å². The van der Waals surface area contributed by atoms with E-state index in [9.17, 15) is 4.79 Å². The summed E-state index contributed by atoms with van der Waals surface area (Å²) in [4.78, 5) is 14.0. The van der Waals surface area contributed by atoms with Crippen LogP contribution in [0.25, 0.3) is 0 Å². The standard InChI is InChI=1S/C16H24N2O3/c1-4-20-15-7-5-14(6-8-15)9-17-16(19)18-10-12(2)21-13(3)11-18/h5-8,12-13H,4,9-11H2,1-3H3,(H,17,19). The first-order chi connectivity index (χ1) is 10.1. The smallest absolute Gasteiger partial charge is 0.317 e. The molecule has 1 saturated heterocycles. The van der Waals surface area contributed by atoms with Crippen LogP contribution in [0.2, 0.25) is 0 Å². The molecule has 0 bridgehead atoms. The van der Waals surface area contributed by atoms with Crippen molar-refractivity contribution in [1.29, 1.82) is 0 Å². The van der Waals surface area contributed by atoms with Gasteiger partial charge in [-0.2, -0.15) is 0 Å². The number of rotatable bonds is 4. The Labute approximate surface area is 126 Å². The molecule has 0 saturated carbocycles. The number of hydrogen-bond acceptors (Lipinski definition) is 3. The quantitative estimate of drug-likeness (QED) is 0.927. The maximum Gasteiger partial charge on any atom is 0.317 e. The summed E-state index contributed by atoms with van der Waals surface area (Å²) >= 11 is 0. The molecular weight excluding hydrogens is 268 g/mol. The van der Waals surface area contributed by atoms with Gasteiger partial charge in [0.1, 0.15) is 5.75 Å². The number of amides is 2. The minimum absolute atomic E-state index is 0.0362. The Hall–Kier alpha value is -1.75. The SMILES string of the molecule is CCOc1ccc(CNC(=O)N2CC(C)OC(C)C2)cc1. The van der Waals surface area contributed by atoms with Crippen molar-refractivity contribution < 1.29 is 14.3 Å². The largest absolute Gasteiger partial charge is 0.494 e. The molecule has 5 heteroatoms. The number of benzene rings is 1. The zero-order valence-corrected chi connectivity index (χ0v) is 13.0. The van der Waals surface area contributed by atoms with E-state index in [1.54, 1.807) is 0 Å². The molecule has 1 aliphatic rings. The molecule has 1 heterocycles. The zero-order valence-electron chi connectivity index (χ0n) is 13.0. The van der Waals surface area contributed by atoms with Crippen LogP contribution in [0.3, 0.4) is 0 Å². The molecule has 5 nitrogen and oxygen atoms in total. The summed E-state index contributed by atoms with van der Waals surface area (Å²) < 4.78 is 11.0. The summed E-state index contributed by atoms with van der Waals surface area (Å²) in [6.07, 6.45) is 0.176. The molecule has 0 aliphatic carbocycles. The van der Waals surface area contributed by atoms with E-state index in [1.807, 2.05) is 49.9 Å². The number of ether oxygens (including phenoxy) is 2. The number of nitrogens with one attached hydrogen (secondary N) is 1. The first-order valence-corrected chi connectivity index (χ1v) is 7.48. The Balaban J connectivity index is 1.83. The highest BCUT2D eigenvalue weighted by atomic mass is 16.5. The van der Waals surface area contributed by atoms with E-state index >= 15 is 0 Å². The van der Waals surface area contributed by atoms with Crippen LogP contribution >= 0.6 is 0 Å². The van der Waals surface area contributed by atoms with Gasteiger partial charge in [0, 0.05) is 19.6 Å². The van der Waals surface area contributed by atoms with Gasteiger partial charge >= 0.3 is 6.03 Å². The summed E-state index contributed by atoms with van der Waals surface area (Å²) in [5, 5.41) is 2.95. The number of morpholine rings is 1. The molecule has 21 heavy (non-hydrogen) atoms. The maximum atomic E-state index is 12.2. The third kappa shape index (κ3) is 4.63. The molecule has 1 aromatic carbocycles. The monoisotopic (exact) mass is 292 g/mol. The highest BCUT2D eigenvalue weighted by Gasteiger charge is 2.25. The topological polar surface area (TPSA) is 50.8 Å². The second kappa shape index (κ2) is 7.31. The number of urea groups is 1. The third-order valence-electron chi connectivity index (χ3n) is 3.38. The van der Waals surface area contributed by atoms with Crippen LogP contribution in [-0.2, 0) is 11.3 Å². The molecule has 1 aliphatic heterocycles. The Morgan fingerprint density at radius 1 is 1.29 bits per heavy atom. The van der Waals surface area contributed by atoms with Crippen molar-refractivity contribution in [1.82, 2.24) is 10.2 Å². The van der Waals surface area contributed by atoms with E-state index in [-0.39, 0.29) is 18.2 Å². The molecule has 1 fully saturated rings. The van der Waals surface area contributed by atoms with Crippen molar-refractivity contribution in [3.8, 4) is 5.75 Å². The van der Waals surface area contributed by atoms with Gasteiger partial charge in [0.15, 0.2) is 0 Å². The van der Waals surface area contributed by atoms with Gasteiger partial charge in [-0.15, -0.1) is 0 Å². The van der Waals surface area contributed by atoms with E-state index in [2.05, 4.69) is 5.32 Å². The highest BCUT2D eigenvalue weighted by Crippen LogP contribution is 2.13. The Morgan fingerprint density at radius 2 is 1.90 bits per heavy atom. The van der Waals surface area contributed by atoms with Crippen LogP contribution in [-0.4, -0.2) is 42.8 Å². The molecule has 1 aromatic rings. The normalized spacial score (nSPS) is 22.0. The minimum Gasteiger partial charge on any atom is -0.494 e. The van der Waals surface area contributed by atoms with Crippen molar-refractivity contribution in [2.75, 3.05) is 19.7 Å². The molecule has 2 unspecified atom stereocenters. The lowest BCUT2D eigenvalue weighted by Crippen LogP contribution is -2.51. The third-order valence-corrected chi connectivity index (χ3v) is 3.38. The molecule has 1 N–H and O–H groups in total. The van der Waals surface area contributed by atoms with Crippen molar-refractivity contribution in [3.63, 3.8) is 0 Å². The lowest BCUT2D eigenvalue weighted by molar-refractivity contribution is -0.0545. The van der Waals surface area contributed by atoms with Crippen LogP contribution in [0.1, 0.15) is 26.3 Å².